The maximum Gasteiger partial charge on any atom is 0.271 e. The van der Waals surface area contributed by atoms with Crippen molar-refractivity contribution in [1.82, 2.24) is 10.2 Å². The molecule has 0 bridgehead atoms. The molecule has 172 valence electrons. The van der Waals surface area contributed by atoms with Gasteiger partial charge in [0, 0.05) is 31.2 Å². The van der Waals surface area contributed by atoms with E-state index >= 15 is 0 Å². The van der Waals surface area contributed by atoms with Crippen molar-refractivity contribution in [3.05, 3.63) is 33.3 Å². The molecule has 2 rings (SSSR count). The van der Waals surface area contributed by atoms with Gasteiger partial charge in [-0.2, -0.15) is 0 Å². The van der Waals surface area contributed by atoms with E-state index in [1.54, 1.807) is 6.92 Å². The van der Waals surface area contributed by atoms with Gasteiger partial charge in [0.25, 0.3) is 5.69 Å². The van der Waals surface area contributed by atoms with Crippen LogP contribution in [0.4, 0.5) is 11.4 Å². The zero-order chi connectivity index (χ0) is 23.0. The average Bonchev–Trinajstić information content (AvgIpc) is 2.73. The second-order valence-corrected chi connectivity index (χ2v) is 8.37. The molecule has 0 spiro atoms. The monoisotopic (exact) mass is 454 g/mol. The van der Waals surface area contributed by atoms with Gasteiger partial charge in [0.2, 0.25) is 11.8 Å². The lowest BCUT2D eigenvalue weighted by Crippen LogP contribution is -2.48. The predicted octanol–water partition coefficient (Wildman–Crippen LogP) is 3.22. The molecule has 9 nitrogen and oxygen atoms in total. The third kappa shape index (κ3) is 7.75. The van der Waals surface area contributed by atoms with Crippen LogP contribution in [0, 0.1) is 16.0 Å². The van der Waals surface area contributed by atoms with Crippen molar-refractivity contribution in [3.63, 3.8) is 0 Å². The summed E-state index contributed by atoms with van der Waals surface area (Å²) in [6, 6.07) is 3.52. The van der Waals surface area contributed by atoms with Crippen LogP contribution in [0.1, 0.15) is 40.0 Å². The van der Waals surface area contributed by atoms with Gasteiger partial charge in [-0.3, -0.25) is 24.6 Å². The molecule has 31 heavy (non-hydrogen) atoms. The second-order valence-electron chi connectivity index (χ2n) is 7.96. The Kier molecular flexibility index (Phi) is 9.67. The van der Waals surface area contributed by atoms with Crippen LogP contribution in [-0.2, 0) is 14.3 Å². The highest BCUT2D eigenvalue weighted by Gasteiger charge is 2.30. The molecule has 1 fully saturated rings. The summed E-state index contributed by atoms with van der Waals surface area (Å²) in [6.07, 6.45) is 2.34. The lowest BCUT2D eigenvalue weighted by molar-refractivity contribution is -0.384. The SMILES string of the molecule is CC(C)OCCCNC(=O)C1CCN(C(C)C(=O)Nc2ccc([N+](=O)[O-])cc2Cl)CC1. The molecule has 1 heterocycles. The highest BCUT2D eigenvalue weighted by Crippen LogP contribution is 2.27. The summed E-state index contributed by atoms with van der Waals surface area (Å²) in [4.78, 5) is 37.2. The maximum absolute atomic E-state index is 12.6. The van der Waals surface area contributed by atoms with Crippen molar-refractivity contribution >= 4 is 34.8 Å². The van der Waals surface area contributed by atoms with E-state index < -0.39 is 11.0 Å². The number of rotatable bonds is 10. The molecule has 1 aromatic rings. The normalized spacial score (nSPS) is 16.2. The van der Waals surface area contributed by atoms with Crippen LogP contribution in [0.2, 0.25) is 5.02 Å². The van der Waals surface area contributed by atoms with Gasteiger partial charge in [0.05, 0.1) is 27.8 Å². The Bertz CT molecular complexity index is 781. The Morgan fingerprint density at radius 3 is 2.55 bits per heavy atom. The van der Waals surface area contributed by atoms with E-state index in [-0.39, 0.29) is 34.5 Å². The minimum Gasteiger partial charge on any atom is -0.379 e. The number of carbonyl (C=O) groups is 2. The van der Waals surface area contributed by atoms with E-state index in [1.807, 2.05) is 18.7 Å². The number of halogens is 1. The van der Waals surface area contributed by atoms with Gasteiger partial charge >= 0.3 is 0 Å². The van der Waals surface area contributed by atoms with Crippen molar-refractivity contribution in [2.24, 2.45) is 5.92 Å². The maximum atomic E-state index is 12.6. The Hall–Kier alpha value is -2.23. The van der Waals surface area contributed by atoms with Crippen molar-refractivity contribution in [2.45, 2.75) is 52.2 Å². The van der Waals surface area contributed by atoms with Crippen LogP contribution in [0.5, 0.6) is 0 Å². The zero-order valence-electron chi connectivity index (χ0n) is 18.2. The van der Waals surface area contributed by atoms with Crippen molar-refractivity contribution in [3.8, 4) is 0 Å². The van der Waals surface area contributed by atoms with Crippen LogP contribution in [-0.4, -0.2) is 60.0 Å². The van der Waals surface area contributed by atoms with Gasteiger partial charge in [-0.05, 0) is 59.2 Å². The third-order valence-electron chi connectivity index (χ3n) is 5.32. The van der Waals surface area contributed by atoms with Crippen molar-refractivity contribution in [1.29, 1.82) is 0 Å². The number of likely N-dealkylation sites (tertiary alicyclic amines) is 1. The highest BCUT2D eigenvalue weighted by molar-refractivity contribution is 6.34. The van der Waals surface area contributed by atoms with E-state index in [9.17, 15) is 19.7 Å². The van der Waals surface area contributed by atoms with Gasteiger partial charge in [-0.1, -0.05) is 11.6 Å². The van der Waals surface area contributed by atoms with Gasteiger partial charge in [0.15, 0.2) is 0 Å². The number of hydrogen-bond acceptors (Lipinski definition) is 6. The van der Waals surface area contributed by atoms with E-state index in [0.29, 0.717) is 44.8 Å². The van der Waals surface area contributed by atoms with Crippen LogP contribution in [0.25, 0.3) is 0 Å². The summed E-state index contributed by atoms with van der Waals surface area (Å²) in [5.41, 5.74) is 0.198. The predicted molar refractivity (Wildman–Crippen MR) is 119 cm³/mol. The molecule has 0 aromatic heterocycles. The topological polar surface area (TPSA) is 114 Å². The summed E-state index contributed by atoms with van der Waals surface area (Å²) >= 11 is 6.05. The van der Waals surface area contributed by atoms with Crippen LogP contribution in [0.15, 0.2) is 18.2 Å². The first-order valence-corrected chi connectivity index (χ1v) is 10.9. The molecule has 0 radical (unpaired) electrons. The first kappa shape index (κ1) is 25.0. The number of piperidine rings is 1. The van der Waals surface area contributed by atoms with Gasteiger partial charge in [-0.25, -0.2) is 0 Å². The first-order chi connectivity index (χ1) is 14.7. The summed E-state index contributed by atoms with van der Waals surface area (Å²) < 4.78 is 5.46. The minimum atomic E-state index is -0.542. The molecule has 10 heteroatoms. The molecule has 0 saturated carbocycles. The van der Waals surface area contributed by atoms with Gasteiger partial charge < -0.3 is 15.4 Å². The van der Waals surface area contributed by atoms with Crippen LogP contribution >= 0.6 is 11.6 Å². The Morgan fingerprint density at radius 2 is 1.97 bits per heavy atom. The number of amides is 2. The zero-order valence-corrected chi connectivity index (χ0v) is 19.0. The molecular formula is C21H31ClN4O5. The molecule has 1 aromatic carbocycles. The largest absolute Gasteiger partial charge is 0.379 e. The number of nitrogens with one attached hydrogen (secondary N) is 2. The van der Waals surface area contributed by atoms with Crippen LogP contribution in [0.3, 0.4) is 0 Å². The number of hydrogen-bond donors (Lipinski definition) is 2. The number of carbonyl (C=O) groups excluding carboxylic acids is 2. The van der Waals surface area contributed by atoms with Crippen molar-refractivity contribution < 1.29 is 19.2 Å². The molecule has 1 saturated heterocycles. The number of anilines is 1. The Morgan fingerprint density at radius 1 is 1.29 bits per heavy atom. The molecule has 2 N–H and O–H groups in total. The van der Waals surface area contributed by atoms with Gasteiger partial charge in [0.1, 0.15) is 0 Å². The summed E-state index contributed by atoms with van der Waals surface area (Å²) in [6.45, 7) is 8.25. The fourth-order valence-electron chi connectivity index (χ4n) is 3.42. The lowest BCUT2D eigenvalue weighted by atomic mass is 9.95. The van der Waals surface area contributed by atoms with Crippen molar-refractivity contribution in [2.75, 3.05) is 31.6 Å². The summed E-state index contributed by atoms with van der Waals surface area (Å²) in [5.74, 6) is -0.246. The minimum absolute atomic E-state index is 0.0540. The molecule has 0 aliphatic carbocycles. The molecular weight excluding hydrogens is 424 g/mol. The smallest absolute Gasteiger partial charge is 0.271 e. The molecule has 1 atom stereocenters. The number of ether oxygens (including phenoxy) is 1. The number of nitro groups is 1. The Balaban J connectivity index is 1.77. The summed E-state index contributed by atoms with van der Waals surface area (Å²) in [7, 11) is 0. The third-order valence-corrected chi connectivity index (χ3v) is 5.63. The highest BCUT2D eigenvalue weighted by atomic mass is 35.5. The number of benzene rings is 1. The van der Waals surface area contributed by atoms with E-state index in [2.05, 4.69) is 10.6 Å². The quantitative estimate of drug-likeness (QED) is 0.319. The fourth-order valence-corrected chi connectivity index (χ4v) is 3.64. The molecule has 2 amide bonds. The Labute approximate surface area is 187 Å². The fraction of sp³-hybridized carbons (Fsp3) is 0.619. The van der Waals surface area contributed by atoms with Gasteiger partial charge in [-0.15, -0.1) is 0 Å². The van der Waals surface area contributed by atoms with E-state index in [0.717, 1.165) is 6.42 Å². The summed E-state index contributed by atoms with van der Waals surface area (Å²) in [5, 5.41) is 16.6. The molecule has 1 aliphatic heterocycles. The van der Waals surface area contributed by atoms with E-state index in [1.165, 1.54) is 18.2 Å². The first-order valence-electron chi connectivity index (χ1n) is 10.6. The number of nitrogens with zero attached hydrogens (tertiary/aromatic N) is 2. The lowest BCUT2D eigenvalue weighted by Gasteiger charge is -2.34. The standard InChI is InChI=1S/C21H31ClN4O5/c1-14(2)31-12-4-9-23-21(28)16-7-10-25(11-8-16)15(3)20(27)24-19-6-5-17(26(29)30)13-18(19)22/h5-6,13-16H,4,7-12H2,1-3H3,(H,23,28)(H,24,27). The average molecular weight is 455 g/mol. The van der Waals surface area contributed by atoms with E-state index in [4.69, 9.17) is 16.3 Å². The second kappa shape index (κ2) is 12.0. The number of non-ortho nitro benzene ring substituents is 1. The number of nitro benzene ring substituents is 1. The molecule has 1 aliphatic rings. The van der Waals surface area contributed by atoms with Crippen LogP contribution < -0.4 is 10.6 Å². The molecule has 1 unspecified atom stereocenters.